The molecule has 0 aliphatic rings. The van der Waals surface area contributed by atoms with Crippen molar-refractivity contribution in [2.24, 2.45) is 0 Å². The zero-order chi connectivity index (χ0) is 18.7. The molecule has 3 rings (SSSR count). The van der Waals surface area contributed by atoms with Crippen LogP contribution in [-0.4, -0.2) is 15.7 Å². The minimum absolute atomic E-state index is 0.236. The Balaban J connectivity index is 1.80. The van der Waals surface area contributed by atoms with Gasteiger partial charge in [-0.25, -0.2) is 9.07 Å². The van der Waals surface area contributed by atoms with E-state index in [1.54, 1.807) is 13.0 Å². The summed E-state index contributed by atoms with van der Waals surface area (Å²) in [4.78, 5) is 24.3. The summed E-state index contributed by atoms with van der Waals surface area (Å²) in [5.74, 6) is -0.789. The van der Waals surface area contributed by atoms with Gasteiger partial charge in [0.05, 0.1) is 5.69 Å². The number of carbonyl (C=O) groups is 1. The Morgan fingerprint density at radius 2 is 1.88 bits per heavy atom. The number of hydrogen-bond acceptors (Lipinski definition) is 3. The van der Waals surface area contributed by atoms with Gasteiger partial charge in [-0.05, 0) is 48.9 Å². The van der Waals surface area contributed by atoms with Gasteiger partial charge in [0.25, 0.3) is 5.56 Å². The van der Waals surface area contributed by atoms with Gasteiger partial charge < -0.3 is 5.32 Å². The zero-order valence-electron chi connectivity index (χ0n) is 13.9. The number of nitrogens with one attached hydrogen (secondary N) is 1. The van der Waals surface area contributed by atoms with Crippen molar-refractivity contribution < 1.29 is 9.18 Å². The maximum Gasteiger partial charge on any atom is 0.267 e. The van der Waals surface area contributed by atoms with Gasteiger partial charge in [0.1, 0.15) is 12.4 Å². The fraction of sp³-hybridized carbons (Fsp3) is 0.105. The van der Waals surface area contributed by atoms with Crippen molar-refractivity contribution >= 4 is 27.5 Å². The minimum Gasteiger partial charge on any atom is -0.324 e. The predicted molar refractivity (Wildman–Crippen MR) is 101 cm³/mol. The second-order valence-electron chi connectivity index (χ2n) is 5.73. The number of aryl methyl sites for hydroxylation is 1. The van der Waals surface area contributed by atoms with E-state index in [1.807, 2.05) is 24.3 Å². The van der Waals surface area contributed by atoms with Crippen molar-refractivity contribution in [3.05, 3.63) is 80.8 Å². The number of rotatable bonds is 4. The number of anilines is 1. The van der Waals surface area contributed by atoms with Crippen LogP contribution in [0.5, 0.6) is 0 Å². The van der Waals surface area contributed by atoms with Crippen LogP contribution in [0.3, 0.4) is 0 Å². The molecule has 1 amide bonds. The third kappa shape index (κ3) is 4.23. The second kappa shape index (κ2) is 7.61. The largest absolute Gasteiger partial charge is 0.324 e. The number of aromatic nitrogens is 2. The topological polar surface area (TPSA) is 64.0 Å². The van der Waals surface area contributed by atoms with Gasteiger partial charge in [0.2, 0.25) is 5.91 Å². The summed E-state index contributed by atoms with van der Waals surface area (Å²) in [6.45, 7) is 1.46. The van der Waals surface area contributed by atoms with E-state index < -0.39 is 5.91 Å². The standard InChI is InChI=1S/C19H15BrFN3O2/c1-12-10-15(21)6-7-16(12)22-18(25)11-24-19(26)9-8-17(23-24)13-2-4-14(20)5-3-13/h2-10H,11H2,1H3,(H,22,25). The highest BCUT2D eigenvalue weighted by atomic mass is 79.9. The third-order valence-electron chi connectivity index (χ3n) is 3.76. The lowest BCUT2D eigenvalue weighted by Gasteiger charge is -2.10. The van der Waals surface area contributed by atoms with Crippen LogP contribution in [0.15, 0.2) is 63.9 Å². The van der Waals surface area contributed by atoms with E-state index in [-0.39, 0.29) is 17.9 Å². The van der Waals surface area contributed by atoms with Crippen LogP contribution in [0.2, 0.25) is 0 Å². The SMILES string of the molecule is Cc1cc(F)ccc1NC(=O)Cn1nc(-c2ccc(Br)cc2)ccc1=O. The van der Waals surface area contributed by atoms with Crippen LogP contribution < -0.4 is 10.9 Å². The summed E-state index contributed by atoms with van der Waals surface area (Å²) < 4.78 is 15.2. The highest BCUT2D eigenvalue weighted by Crippen LogP contribution is 2.19. The summed E-state index contributed by atoms with van der Waals surface area (Å²) in [7, 11) is 0. The van der Waals surface area contributed by atoms with Gasteiger partial charge in [0, 0.05) is 21.8 Å². The number of amides is 1. The molecule has 0 atom stereocenters. The lowest BCUT2D eigenvalue weighted by molar-refractivity contribution is -0.117. The summed E-state index contributed by atoms with van der Waals surface area (Å²) in [6.07, 6.45) is 0. The Hall–Kier alpha value is -2.80. The van der Waals surface area contributed by atoms with E-state index in [0.29, 0.717) is 16.9 Å². The van der Waals surface area contributed by atoms with Gasteiger partial charge in [-0.1, -0.05) is 28.1 Å². The molecule has 0 aliphatic heterocycles. The Labute approximate surface area is 157 Å². The third-order valence-corrected chi connectivity index (χ3v) is 4.29. The van der Waals surface area contributed by atoms with Gasteiger partial charge in [-0.2, -0.15) is 5.10 Å². The highest BCUT2D eigenvalue weighted by Gasteiger charge is 2.10. The first-order valence-electron chi connectivity index (χ1n) is 7.82. The smallest absolute Gasteiger partial charge is 0.267 e. The molecule has 1 N–H and O–H groups in total. The quantitative estimate of drug-likeness (QED) is 0.705. The second-order valence-corrected chi connectivity index (χ2v) is 6.64. The number of benzene rings is 2. The van der Waals surface area contributed by atoms with Gasteiger partial charge in [0.15, 0.2) is 0 Å². The van der Waals surface area contributed by atoms with Gasteiger partial charge in [-0.3, -0.25) is 9.59 Å². The predicted octanol–water partition coefficient (Wildman–Crippen LogP) is 3.76. The van der Waals surface area contributed by atoms with Gasteiger partial charge >= 0.3 is 0 Å². The Morgan fingerprint density at radius 3 is 2.58 bits per heavy atom. The highest BCUT2D eigenvalue weighted by molar-refractivity contribution is 9.10. The number of halogens is 2. The molecular weight excluding hydrogens is 401 g/mol. The van der Waals surface area contributed by atoms with Crippen molar-refractivity contribution in [1.29, 1.82) is 0 Å². The average molecular weight is 416 g/mol. The van der Waals surface area contributed by atoms with E-state index in [2.05, 4.69) is 26.3 Å². The fourth-order valence-corrected chi connectivity index (χ4v) is 2.69. The first-order chi connectivity index (χ1) is 12.4. The monoisotopic (exact) mass is 415 g/mol. The molecule has 0 aliphatic carbocycles. The van der Waals surface area contributed by atoms with E-state index in [0.717, 1.165) is 14.7 Å². The normalized spacial score (nSPS) is 10.6. The Bertz CT molecular complexity index is 1020. The van der Waals surface area contributed by atoms with Crippen LogP contribution in [0.4, 0.5) is 10.1 Å². The van der Waals surface area contributed by atoms with E-state index in [4.69, 9.17) is 0 Å². The van der Waals surface area contributed by atoms with Gasteiger partial charge in [-0.15, -0.1) is 0 Å². The molecule has 0 bridgehead atoms. The van der Waals surface area contributed by atoms with E-state index in [1.165, 1.54) is 24.3 Å². The molecule has 7 heteroatoms. The molecule has 1 aromatic heterocycles. The van der Waals surface area contributed by atoms with E-state index >= 15 is 0 Å². The van der Waals surface area contributed by atoms with Crippen LogP contribution in [0.1, 0.15) is 5.56 Å². The van der Waals surface area contributed by atoms with Crippen molar-refractivity contribution in [3.8, 4) is 11.3 Å². The average Bonchev–Trinajstić information content (AvgIpc) is 2.60. The van der Waals surface area contributed by atoms with Crippen LogP contribution in [0.25, 0.3) is 11.3 Å². The van der Waals surface area contributed by atoms with Crippen LogP contribution in [-0.2, 0) is 11.3 Å². The maximum atomic E-state index is 13.1. The summed E-state index contributed by atoms with van der Waals surface area (Å²) in [5.41, 5.74) is 2.13. The first-order valence-corrected chi connectivity index (χ1v) is 8.62. The lowest BCUT2D eigenvalue weighted by atomic mass is 10.1. The van der Waals surface area contributed by atoms with Crippen LogP contribution >= 0.6 is 15.9 Å². The summed E-state index contributed by atoms with van der Waals surface area (Å²) in [6, 6.07) is 14.5. The molecule has 0 saturated heterocycles. The fourth-order valence-electron chi connectivity index (χ4n) is 2.43. The molecule has 1 heterocycles. The molecule has 0 fully saturated rings. The Kier molecular flexibility index (Phi) is 5.27. The number of hydrogen-bond donors (Lipinski definition) is 1. The molecule has 3 aromatic rings. The molecule has 26 heavy (non-hydrogen) atoms. The lowest BCUT2D eigenvalue weighted by Crippen LogP contribution is -2.29. The summed E-state index contributed by atoms with van der Waals surface area (Å²) in [5, 5.41) is 6.93. The Morgan fingerprint density at radius 1 is 1.15 bits per heavy atom. The van der Waals surface area contributed by atoms with E-state index in [9.17, 15) is 14.0 Å². The molecule has 0 saturated carbocycles. The molecule has 5 nitrogen and oxygen atoms in total. The number of carbonyl (C=O) groups excluding carboxylic acids is 1. The minimum atomic E-state index is -0.415. The zero-order valence-corrected chi connectivity index (χ0v) is 15.5. The molecular formula is C19H15BrFN3O2. The van der Waals surface area contributed by atoms with Crippen molar-refractivity contribution in [2.45, 2.75) is 13.5 Å². The molecule has 0 spiro atoms. The first kappa shape index (κ1) is 18.0. The molecule has 2 aromatic carbocycles. The summed E-state index contributed by atoms with van der Waals surface area (Å²) >= 11 is 3.37. The maximum absolute atomic E-state index is 13.1. The molecule has 132 valence electrons. The van der Waals surface area contributed by atoms with Crippen molar-refractivity contribution in [2.75, 3.05) is 5.32 Å². The van der Waals surface area contributed by atoms with Crippen molar-refractivity contribution in [3.63, 3.8) is 0 Å². The van der Waals surface area contributed by atoms with Crippen LogP contribution in [0, 0.1) is 12.7 Å². The molecule has 0 radical (unpaired) electrons. The number of nitrogens with zero attached hydrogens (tertiary/aromatic N) is 2. The molecule has 0 unspecified atom stereocenters. The van der Waals surface area contributed by atoms with Crippen molar-refractivity contribution in [1.82, 2.24) is 9.78 Å².